The lowest BCUT2D eigenvalue weighted by Crippen LogP contribution is -2.47. The molecule has 1 amide bonds. The summed E-state index contributed by atoms with van der Waals surface area (Å²) in [6.45, 7) is 1.40. The molecule has 1 N–H and O–H groups in total. The highest BCUT2D eigenvalue weighted by Crippen LogP contribution is 2.39. The summed E-state index contributed by atoms with van der Waals surface area (Å²) in [7, 11) is -4.14. The molecule has 0 aromatic heterocycles. The van der Waals surface area contributed by atoms with Gasteiger partial charge >= 0.3 is 0 Å². The fourth-order valence-corrected chi connectivity index (χ4v) is 5.41. The van der Waals surface area contributed by atoms with Crippen molar-refractivity contribution in [3.63, 3.8) is 0 Å². The lowest BCUT2D eigenvalue weighted by molar-refractivity contribution is 0.0796. The molecule has 1 saturated heterocycles. The first-order valence-corrected chi connectivity index (χ1v) is 9.88. The fourth-order valence-electron chi connectivity index (χ4n) is 3.78. The number of halogens is 1. The second kappa shape index (κ2) is 5.97. The third-order valence-corrected chi connectivity index (χ3v) is 7.20. The Morgan fingerprint density at radius 3 is 2.41 bits per heavy atom. The van der Waals surface area contributed by atoms with Gasteiger partial charge in [-0.2, -0.15) is 4.31 Å². The Morgan fingerprint density at radius 2 is 1.70 bits per heavy atom. The quantitative estimate of drug-likeness (QED) is 0.851. The Bertz CT molecular complexity index is 1070. The molecule has 6 nitrogen and oxygen atoms in total. The van der Waals surface area contributed by atoms with Gasteiger partial charge < -0.3 is 5.32 Å². The van der Waals surface area contributed by atoms with Crippen LogP contribution >= 0.6 is 0 Å². The number of fused-ring (bicyclic) bond motifs is 2. The first-order chi connectivity index (χ1) is 12.7. The summed E-state index contributed by atoms with van der Waals surface area (Å²) >= 11 is 0. The SMILES string of the molecule is C[C@]12CN(S(=O)(=O)c3ccccc3F)C[C@H]1NC(=O)c1ccccc1C2=O. The van der Waals surface area contributed by atoms with E-state index in [2.05, 4.69) is 5.32 Å². The topological polar surface area (TPSA) is 83.6 Å². The average Bonchev–Trinajstić information content (AvgIpc) is 2.96. The smallest absolute Gasteiger partial charge is 0.252 e. The third-order valence-electron chi connectivity index (χ3n) is 5.35. The molecule has 4 rings (SSSR count). The predicted octanol–water partition coefficient (Wildman–Crippen LogP) is 1.83. The predicted molar refractivity (Wildman–Crippen MR) is 95.3 cm³/mol. The summed E-state index contributed by atoms with van der Waals surface area (Å²) in [5.74, 6) is -1.57. The van der Waals surface area contributed by atoms with E-state index in [9.17, 15) is 22.4 Å². The van der Waals surface area contributed by atoms with Gasteiger partial charge in [-0.3, -0.25) is 9.59 Å². The molecular weight excluding hydrogens is 371 g/mol. The molecule has 2 aromatic rings. The molecule has 2 aromatic carbocycles. The number of ketones is 1. The van der Waals surface area contributed by atoms with Crippen LogP contribution in [0.5, 0.6) is 0 Å². The summed E-state index contributed by atoms with van der Waals surface area (Å²) in [5.41, 5.74) is -0.590. The Hall–Kier alpha value is -2.58. The van der Waals surface area contributed by atoms with Crippen LogP contribution in [0, 0.1) is 11.2 Å². The summed E-state index contributed by atoms with van der Waals surface area (Å²) in [5, 5.41) is 2.78. The number of rotatable bonds is 2. The van der Waals surface area contributed by atoms with E-state index < -0.39 is 38.1 Å². The number of benzene rings is 2. The molecule has 2 aliphatic rings. The van der Waals surface area contributed by atoms with Gasteiger partial charge in [0.25, 0.3) is 5.91 Å². The van der Waals surface area contributed by atoms with Crippen molar-refractivity contribution in [2.75, 3.05) is 13.1 Å². The number of hydrogen-bond acceptors (Lipinski definition) is 4. The lowest BCUT2D eigenvalue weighted by Gasteiger charge is -2.26. The van der Waals surface area contributed by atoms with Crippen LogP contribution in [0.15, 0.2) is 53.4 Å². The van der Waals surface area contributed by atoms with E-state index in [1.807, 2.05) is 0 Å². The van der Waals surface area contributed by atoms with Gasteiger partial charge in [-0.05, 0) is 25.1 Å². The minimum absolute atomic E-state index is 0.0986. The minimum atomic E-state index is -4.14. The van der Waals surface area contributed by atoms with Crippen molar-refractivity contribution in [3.05, 3.63) is 65.5 Å². The van der Waals surface area contributed by atoms with E-state index in [0.29, 0.717) is 0 Å². The van der Waals surface area contributed by atoms with Crippen molar-refractivity contribution in [1.82, 2.24) is 9.62 Å². The van der Waals surface area contributed by atoms with E-state index in [1.54, 1.807) is 31.2 Å². The van der Waals surface area contributed by atoms with E-state index in [-0.39, 0.29) is 30.0 Å². The van der Waals surface area contributed by atoms with Gasteiger partial charge in [-0.15, -0.1) is 0 Å². The zero-order valence-corrected chi connectivity index (χ0v) is 15.3. The second-order valence-electron chi connectivity index (χ2n) is 7.05. The zero-order chi connectivity index (χ0) is 19.4. The summed E-state index contributed by atoms with van der Waals surface area (Å²) in [6, 6.07) is 10.9. The largest absolute Gasteiger partial charge is 0.347 e. The Kier molecular flexibility index (Phi) is 3.94. The fraction of sp³-hybridized carbons (Fsp3) is 0.263. The van der Waals surface area contributed by atoms with Crippen LogP contribution in [0.4, 0.5) is 4.39 Å². The molecular formula is C19H17FN2O4S. The summed E-state index contributed by atoms with van der Waals surface area (Å²) in [6.07, 6.45) is 0. The number of hydrogen-bond donors (Lipinski definition) is 1. The molecule has 1 fully saturated rings. The highest BCUT2D eigenvalue weighted by atomic mass is 32.2. The Morgan fingerprint density at radius 1 is 1.07 bits per heavy atom. The molecule has 2 heterocycles. The molecule has 0 spiro atoms. The normalized spacial score (nSPS) is 25.5. The molecule has 0 saturated carbocycles. The number of Topliss-reactive ketones (excluding diaryl/α,β-unsaturated/α-hetero) is 1. The van der Waals surface area contributed by atoms with Gasteiger partial charge in [0.2, 0.25) is 10.0 Å². The molecule has 2 atom stereocenters. The molecule has 0 radical (unpaired) electrons. The first kappa shape index (κ1) is 17.8. The van der Waals surface area contributed by atoms with Crippen LogP contribution in [-0.2, 0) is 10.0 Å². The number of amides is 1. The first-order valence-electron chi connectivity index (χ1n) is 8.44. The monoisotopic (exact) mass is 388 g/mol. The van der Waals surface area contributed by atoms with Crippen LogP contribution in [0.1, 0.15) is 27.6 Å². The van der Waals surface area contributed by atoms with Crippen LogP contribution in [-0.4, -0.2) is 43.5 Å². The maximum atomic E-state index is 14.1. The number of sulfonamides is 1. The molecule has 140 valence electrons. The lowest BCUT2D eigenvalue weighted by atomic mass is 9.78. The molecule has 2 aliphatic heterocycles. The van der Waals surface area contributed by atoms with E-state index in [0.717, 1.165) is 10.4 Å². The van der Waals surface area contributed by atoms with Crippen molar-refractivity contribution < 1.29 is 22.4 Å². The molecule has 0 aliphatic carbocycles. The highest BCUT2D eigenvalue weighted by Gasteiger charge is 2.54. The maximum absolute atomic E-state index is 14.1. The van der Waals surface area contributed by atoms with Crippen molar-refractivity contribution in [2.24, 2.45) is 5.41 Å². The molecule has 27 heavy (non-hydrogen) atoms. The standard InChI is InChI=1S/C19H17FN2O4S/c1-19-11-22(27(25,26)15-9-5-4-8-14(15)20)10-16(19)21-18(24)13-7-3-2-6-12(13)17(19)23/h2-9,16H,10-11H2,1H3,(H,21,24)/t16-,19+/m1/s1. The number of nitrogens with one attached hydrogen (secondary N) is 1. The minimum Gasteiger partial charge on any atom is -0.347 e. The van der Waals surface area contributed by atoms with E-state index in [1.165, 1.54) is 18.2 Å². The third kappa shape index (κ3) is 2.59. The maximum Gasteiger partial charge on any atom is 0.252 e. The van der Waals surface area contributed by atoms with Crippen LogP contribution in [0.2, 0.25) is 0 Å². The van der Waals surface area contributed by atoms with Gasteiger partial charge in [0.05, 0.1) is 17.0 Å². The Labute approximate surface area is 156 Å². The van der Waals surface area contributed by atoms with E-state index in [4.69, 9.17) is 0 Å². The van der Waals surface area contributed by atoms with Gasteiger partial charge in [0.1, 0.15) is 10.7 Å². The average molecular weight is 388 g/mol. The second-order valence-corrected chi connectivity index (χ2v) is 8.95. The zero-order valence-electron chi connectivity index (χ0n) is 14.5. The van der Waals surface area contributed by atoms with Crippen molar-refractivity contribution in [3.8, 4) is 0 Å². The summed E-state index contributed by atoms with van der Waals surface area (Å²) in [4.78, 5) is 25.3. The van der Waals surface area contributed by atoms with Gasteiger partial charge in [-0.1, -0.05) is 30.3 Å². The molecule has 8 heteroatoms. The highest BCUT2D eigenvalue weighted by molar-refractivity contribution is 7.89. The van der Waals surface area contributed by atoms with Gasteiger partial charge in [-0.25, -0.2) is 12.8 Å². The van der Waals surface area contributed by atoms with Crippen LogP contribution in [0.3, 0.4) is 0 Å². The number of nitrogens with zero attached hydrogens (tertiary/aromatic N) is 1. The van der Waals surface area contributed by atoms with Gasteiger partial charge in [0, 0.05) is 18.7 Å². The van der Waals surface area contributed by atoms with E-state index >= 15 is 0 Å². The number of carbonyl (C=O) groups is 2. The van der Waals surface area contributed by atoms with Crippen molar-refractivity contribution in [2.45, 2.75) is 17.9 Å². The van der Waals surface area contributed by atoms with Crippen LogP contribution in [0.25, 0.3) is 0 Å². The van der Waals surface area contributed by atoms with Crippen molar-refractivity contribution in [1.29, 1.82) is 0 Å². The molecule has 0 unspecified atom stereocenters. The molecule has 0 bridgehead atoms. The van der Waals surface area contributed by atoms with Crippen molar-refractivity contribution >= 4 is 21.7 Å². The Balaban J connectivity index is 1.76. The summed E-state index contributed by atoms with van der Waals surface area (Å²) < 4.78 is 41.0. The number of carbonyl (C=O) groups excluding carboxylic acids is 2. The van der Waals surface area contributed by atoms with Gasteiger partial charge in [0.15, 0.2) is 5.78 Å². The van der Waals surface area contributed by atoms with Crippen LogP contribution < -0.4 is 5.32 Å².